The van der Waals surface area contributed by atoms with Crippen LogP contribution in [0.2, 0.25) is 5.02 Å². The van der Waals surface area contributed by atoms with Crippen LogP contribution in [-0.2, 0) is 16.6 Å². The summed E-state index contributed by atoms with van der Waals surface area (Å²) >= 11 is 5.96. The van der Waals surface area contributed by atoms with E-state index in [9.17, 15) is 4.79 Å². The summed E-state index contributed by atoms with van der Waals surface area (Å²) in [5.74, 6) is 0.607. The average molecular weight is 398 g/mol. The number of hydrogen-bond acceptors (Lipinski definition) is 4. The summed E-state index contributed by atoms with van der Waals surface area (Å²) in [6.45, 7) is 10.0. The lowest BCUT2D eigenvalue weighted by Gasteiger charge is -2.16. The van der Waals surface area contributed by atoms with Gasteiger partial charge < -0.3 is 5.32 Å². The number of rotatable bonds is 4. The Bertz CT molecular complexity index is 985. The van der Waals surface area contributed by atoms with Crippen LogP contribution >= 0.6 is 11.6 Å². The largest absolute Gasteiger partial charge is 0.323 e. The second-order valence-electron chi connectivity index (χ2n) is 7.81. The maximum atomic E-state index is 12.5. The smallest absolute Gasteiger partial charge is 0.229 e. The van der Waals surface area contributed by atoms with Gasteiger partial charge in [0.05, 0.1) is 35.9 Å². The lowest BCUT2D eigenvalue weighted by Crippen LogP contribution is -2.18. The Balaban J connectivity index is 1.75. The Kier molecular flexibility index (Phi) is 5.52. The number of nitrogens with one attached hydrogen (secondary N) is 1. The van der Waals surface area contributed by atoms with Crippen LogP contribution in [0.15, 0.2) is 36.7 Å². The monoisotopic (exact) mass is 397 g/mol. The molecule has 0 unspecified atom stereocenters. The van der Waals surface area contributed by atoms with Crippen molar-refractivity contribution in [3.63, 3.8) is 0 Å². The fraction of sp³-hybridized carbons (Fsp3) is 0.333. The Morgan fingerprint density at radius 3 is 2.29 bits per heavy atom. The first kappa shape index (κ1) is 20.0. The molecule has 1 amide bonds. The van der Waals surface area contributed by atoms with Crippen molar-refractivity contribution in [1.29, 1.82) is 0 Å². The maximum absolute atomic E-state index is 12.5. The molecule has 0 bridgehead atoms. The van der Waals surface area contributed by atoms with Gasteiger partial charge in [-0.3, -0.25) is 4.79 Å². The van der Waals surface area contributed by atoms with E-state index in [1.807, 2.05) is 63.6 Å². The predicted octanol–water partition coefficient (Wildman–Crippen LogP) is 4.41. The van der Waals surface area contributed by atoms with Crippen molar-refractivity contribution in [2.24, 2.45) is 0 Å². The first-order valence-electron chi connectivity index (χ1n) is 9.08. The topological polar surface area (TPSA) is 72.7 Å². The summed E-state index contributed by atoms with van der Waals surface area (Å²) in [5, 5.41) is 8.11. The highest BCUT2D eigenvalue weighted by molar-refractivity contribution is 6.30. The molecule has 0 saturated heterocycles. The zero-order valence-corrected chi connectivity index (χ0v) is 17.5. The van der Waals surface area contributed by atoms with Crippen molar-refractivity contribution in [1.82, 2.24) is 19.7 Å². The van der Waals surface area contributed by atoms with Crippen LogP contribution in [-0.4, -0.2) is 25.7 Å². The van der Waals surface area contributed by atoms with Crippen LogP contribution in [0.25, 0.3) is 5.69 Å². The van der Waals surface area contributed by atoms with Crippen LogP contribution in [0.3, 0.4) is 0 Å². The van der Waals surface area contributed by atoms with E-state index in [1.54, 1.807) is 12.4 Å². The van der Waals surface area contributed by atoms with Crippen molar-refractivity contribution >= 4 is 23.2 Å². The standard InChI is InChI=1S/C21H24ClN5O/c1-13-18(14(2)27(26-13)17-8-6-15(22)7-9-17)10-19(28)25-16-11-23-20(24-12-16)21(3,4)5/h6-9,11-12H,10H2,1-5H3,(H,25,28). The molecule has 146 valence electrons. The minimum Gasteiger partial charge on any atom is -0.323 e. The molecule has 0 aliphatic heterocycles. The van der Waals surface area contributed by atoms with Crippen molar-refractivity contribution in [3.8, 4) is 5.69 Å². The van der Waals surface area contributed by atoms with Crippen molar-refractivity contribution in [3.05, 3.63) is 64.5 Å². The van der Waals surface area contributed by atoms with Gasteiger partial charge in [-0.15, -0.1) is 0 Å². The summed E-state index contributed by atoms with van der Waals surface area (Å²) < 4.78 is 1.83. The highest BCUT2D eigenvalue weighted by Gasteiger charge is 2.18. The Labute approximate surface area is 170 Å². The van der Waals surface area contributed by atoms with E-state index in [0.717, 1.165) is 28.5 Å². The Hall–Kier alpha value is -2.73. The highest BCUT2D eigenvalue weighted by Crippen LogP contribution is 2.21. The number of aromatic nitrogens is 4. The summed E-state index contributed by atoms with van der Waals surface area (Å²) in [7, 11) is 0. The number of amides is 1. The zero-order chi connectivity index (χ0) is 20.5. The molecule has 0 saturated carbocycles. The van der Waals surface area contributed by atoms with Gasteiger partial charge in [0.15, 0.2) is 0 Å². The number of carbonyl (C=O) groups excluding carboxylic acids is 1. The van der Waals surface area contributed by atoms with Gasteiger partial charge in [0.2, 0.25) is 5.91 Å². The van der Waals surface area contributed by atoms with Gasteiger partial charge in [0.1, 0.15) is 5.82 Å². The van der Waals surface area contributed by atoms with Crippen LogP contribution in [0.5, 0.6) is 0 Å². The van der Waals surface area contributed by atoms with Gasteiger partial charge in [0, 0.05) is 21.7 Å². The molecule has 0 aliphatic carbocycles. The number of halogens is 1. The molecule has 3 rings (SSSR count). The van der Waals surface area contributed by atoms with E-state index in [4.69, 9.17) is 11.6 Å². The fourth-order valence-corrected chi connectivity index (χ4v) is 3.04. The molecule has 1 aromatic carbocycles. The molecular weight excluding hydrogens is 374 g/mol. The minimum absolute atomic E-state index is 0.131. The minimum atomic E-state index is -0.132. The second kappa shape index (κ2) is 7.72. The van der Waals surface area contributed by atoms with Crippen LogP contribution < -0.4 is 5.32 Å². The number of anilines is 1. The molecular formula is C21H24ClN5O. The Morgan fingerprint density at radius 2 is 1.71 bits per heavy atom. The van der Waals surface area contributed by atoms with Gasteiger partial charge in [-0.25, -0.2) is 14.6 Å². The molecule has 2 heterocycles. The number of benzene rings is 1. The van der Waals surface area contributed by atoms with Gasteiger partial charge in [-0.1, -0.05) is 32.4 Å². The lowest BCUT2D eigenvalue weighted by molar-refractivity contribution is -0.115. The number of hydrogen-bond donors (Lipinski definition) is 1. The molecule has 7 heteroatoms. The molecule has 28 heavy (non-hydrogen) atoms. The molecule has 0 radical (unpaired) electrons. The highest BCUT2D eigenvalue weighted by atomic mass is 35.5. The van der Waals surface area contributed by atoms with Gasteiger partial charge in [0.25, 0.3) is 0 Å². The fourth-order valence-electron chi connectivity index (χ4n) is 2.91. The molecule has 6 nitrogen and oxygen atoms in total. The summed E-state index contributed by atoms with van der Waals surface area (Å²) in [5.41, 5.74) is 4.00. The van der Waals surface area contributed by atoms with Crippen LogP contribution in [0.1, 0.15) is 43.5 Å². The average Bonchev–Trinajstić information content (AvgIpc) is 2.90. The van der Waals surface area contributed by atoms with E-state index in [-0.39, 0.29) is 17.7 Å². The molecule has 0 spiro atoms. The van der Waals surface area contributed by atoms with E-state index in [0.29, 0.717) is 10.7 Å². The van der Waals surface area contributed by atoms with E-state index >= 15 is 0 Å². The molecule has 3 aromatic rings. The second-order valence-corrected chi connectivity index (χ2v) is 8.24. The van der Waals surface area contributed by atoms with Gasteiger partial charge >= 0.3 is 0 Å². The van der Waals surface area contributed by atoms with Crippen molar-refractivity contribution in [2.45, 2.75) is 46.5 Å². The summed E-state index contributed by atoms with van der Waals surface area (Å²) in [4.78, 5) is 21.2. The molecule has 0 aliphatic rings. The van der Waals surface area contributed by atoms with Crippen LogP contribution in [0.4, 0.5) is 5.69 Å². The third-order valence-corrected chi connectivity index (χ3v) is 4.71. The van der Waals surface area contributed by atoms with Crippen molar-refractivity contribution < 1.29 is 4.79 Å². The third kappa shape index (κ3) is 4.39. The first-order chi connectivity index (χ1) is 13.1. The van der Waals surface area contributed by atoms with E-state index in [2.05, 4.69) is 20.4 Å². The van der Waals surface area contributed by atoms with Crippen molar-refractivity contribution in [2.75, 3.05) is 5.32 Å². The molecule has 0 fully saturated rings. The molecule has 2 aromatic heterocycles. The quantitative estimate of drug-likeness (QED) is 0.707. The normalized spacial score (nSPS) is 11.5. The molecule has 1 N–H and O–H groups in total. The van der Waals surface area contributed by atoms with Crippen LogP contribution in [0, 0.1) is 13.8 Å². The SMILES string of the molecule is Cc1nn(-c2ccc(Cl)cc2)c(C)c1CC(=O)Nc1cnc(C(C)(C)C)nc1. The zero-order valence-electron chi connectivity index (χ0n) is 16.7. The lowest BCUT2D eigenvalue weighted by atomic mass is 9.96. The number of nitrogens with zero attached hydrogens (tertiary/aromatic N) is 4. The summed E-state index contributed by atoms with van der Waals surface area (Å²) in [6.07, 6.45) is 3.51. The van der Waals surface area contributed by atoms with E-state index in [1.165, 1.54) is 0 Å². The number of carbonyl (C=O) groups is 1. The summed E-state index contributed by atoms with van der Waals surface area (Å²) in [6, 6.07) is 7.45. The van der Waals surface area contributed by atoms with Gasteiger partial charge in [-0.05, 0) is 38.1 Å². The predicted molar refractivity (Wildman–Crippen MR) is 111 cm³/mol. The third-order valence-electron chi connectivity index (χ3n) is 4.46. The first-order valence-corrected chi connectivity index (χ1v) is 9.46. The number of aryl methyl sites for hydroxylation is 1. The van der Waals surface area contributed by atoms with E-state index < -0.39 is 0 Å². The Morgan fingerprint density at radius 1 is 1.11 bits per heavy atom. The maximum Gasteiger partial charge on any atom is 0.229 e. The molecule has 0 atom stereocenters. The van der Waals surface area contributed by atoms with Gasteiger partial charge in [-0.2, -0.15) is 5.10 Å².